The maximum absolute atomic E-state index is 12.0. The highest BCUT2D eigenvalue weighted by Gasteiger charge is 2.42. The molecule has 4 nitrogen and oxygen atoms in total. The Labute approximate surface area is 118 Å². The Kier molecular flexibility index (Phi) is 4.24. The number of thiol groups is 1. The summed E-state index contributed by atoms with van der Waals surface area (Å²) in [6, 6.07) is 5.33. The fraction of sp³-hybridized carbons (Fsp3) is 0.500. The van der Waals surface area contributed by atoms with Crippen LogP contribution < -0.4 is 14.8 Å². The summed E-state index contributed by atoms with van der Waals surface area (Å²) in [4.78, 5) is 12.0. The van der Waals surface area contributed by atoms with Gasteiger partial charge in [-0.3, -0.25) is 4.79 Å². The highest BCUT2D eigenvalue weighted by molar-refractivity contribution is 7.80. The van der Waals surface area contributed by atoms with E-state index in [1.54, 1.807) is 32.4 Å². The molecule has 0 heterocycles. The number of methoxy groups -OCH3 is 2. The molecule has 1 amide bonds. The SMILES string of the molecule is COc1cc(NC(=O)CC2(CS)CC2)cc(OC)c1. The Morgan fingerprint density at radius 1 is 1.26 bits per heavy atom. The molecule has 0 unspecified atom stereocenters. The fourth-order valence-electron chi connectivity index (χ4n) is 1.99. The predicted molar refractivity (Wildman–Crippen MR) is 78.3 cm³/mol. The van der Waals surface area contributed by atoms with E-state index in [1.807, 2.05) is 0 Å². The number of carbonyl (C=O) groups is 1. The van der Waals surface area contributed by atoms with Crippen LogP contribution in [0.4, 0.5) is 5.69 Å². The van der Waals surface area contributed by atoms with Gasteiger partial charge >= 0.3 is 0 Å². The summed E-state index contributed by atoms with van der Waals surface area (Å²) in [5, 5.41) is 2.89. The lowest BCUT2D eigenvalue weighted by Crippen LogP contribution is -2.18. The van der Waals surface area contributed by atoms with Crippen LogP contribution in [-0.4, -0.2) is 25.9 Å². The molecule has 104 valence electrons. The average molecular weight is 281 g/mol. The van der Waals surface area contributed by atoms with Crippen LogP contribution in [0.25, 0.3) is 0 Å². The Balaban J connectivity index is 2.03. The summed E-state index contributed by atoms with van der Waals surface area (Å²) in [6.07, 6.45) is 2.70. The molecule has 0 bridgehead atoms. The first kappa shape index (κ1) is 14.1. The van der Waals surface area contributed by atoms with E-state index in [2.05, 4.69) is 17.9 Å². The monoisotopic (exact) mass is 281 g/mol. The molecule has 0 radical (unpaired) electrons. The second-order valence-corrected chi connectivity index (χ2v) is 5.30. The summed E-state index contributed by atoms with van der Waals surface area (Å²) in [6.45, 7) is 0. The van der Waals surface area contributed by atoms with Gasteiger partial charge in [-0.05, 0) is 24.0 Å². The molecule has 0 spiro atoms. The molecule has 2 rings (SSSR count). The van der Waals surface area contributed by atoms with E-state index >= 15 is 0 Å². The van der Waals surface area contributed by atoms with Crippen molar-refractivity contribution in [2.24, 2.45) is 5.41 Å². The van der Waals surface area contributed by atoms with Gasteiger partial charge in [-0.2, -0.15) is 12.6 Å². The van der Waals surface area contributed by atoms with Gasteiger partial charge in [-0.1, -0.05) is 0 Å². The zero-order valence-electron chi connectivity index (χ0n) is 11.2. The average Bonchev–Trinajstić information content (AvgIpc) is 3.18. The van der Waals surface area contributed by atoms with Gasteiger partial charge in [0.15, 0.2) is 0 Å². The Hall–Kier alpha value is -1.36. The highest BCUT2D eigenvalue weighted by atomic mass is 32.1. The van der Waals surface area contributed by atoms with Crippen LogP contribution in [-0.2, 0) is 4.79 Å². The van der Waals surface area contributed by atoms with E-state index in [4.69, 9.17) is 9.47 Å². The quantitative estimate of drug-likeness (QED) is 0.788. The van der Waals surface area contributed by atoms with Gasteiger partial charge in [-0.25, -0.2) is 0 Å². The van der Waals surface area contributed by atoms with Crippen LogP contribution in [0.5, 0.6) is 11.5 Å². The molecule has 0 saturated heterocycles. The molecule has 0 aliphatic heterocycles. The van der Waals surface area contributed by atoms with Crippen LogP contribution >= 0.6 is 12.6 Å². The van der Waals surface area contributed by atoms with Gasteiger partial charge in [0.25, 0.3) is 0 Å². The number of anilines is 1. The lowest BCUT2D eigenvalue weighted by Gasteiger charge is -2.13. The standard InChI is InChI=1S/C14H19NO3S/c1-17-11-5-10(6-12(7-11)18-2)15-13(16)8-14(9-19)3-4-14/h5-7,19H,3-4,8-9H2,1-2H3,(H,15,16). The van der Waals surface area contributed by atoms with E-state index < -0.39 is 0 Å². The lowest BCUT2D eigenvalue weighted by atomic mass is 10.1. The van der Waals surface area contributed by atoms with Crippen molar-refractivity contribution in [2.45, 2.75) is 19.3 Å². The van der Waals surface area contributed by atoms with Crippen LogP contribution in [0, 0.1) is 5.41 Å². The second-order valence-electron chi connectivity index (χ2n) is 4.98. The molecule has 1 N–H and O–H groups in total. The molecule has 0 aromatic heterocycles. The minimum Gasteiger partial charge on any atom is -0.497 e. The summed E-state index contributed by atoms with van der Waals surface area (Å²) >= 11 is 4.31. The number of amides is 1. The van der Waals surface area contributed by atoms with Crippen molar-refractivity contribution >= 4 is 24.2 Å². The molecular formula is C14H19NO3S. The second kappa shape index (κ2) is 5.74. The van der Waals surface area contributed by atoms with Crippen LogP contribution in [0.3, 0.4) is 0 Å². The van der Waals surface area contributed by atoms with Gasteiger partial charge in [-0.15, -0.1) is 0 Å². The van der Waals surface area contributed by atoms with Gasteiger partial charge in [0.2, 0.25) is 5.91 Å². The fourth-order valence-corrected chi connectivity index (χ4v) is 2.42. The van der Waals surface area contributed by atoms with Crippen LogP contribution in [0.15, 0.2) is 18.2 Å². The van der Waals surface area contributed by atoms with Crippen molar-refractivity contribution < 1.29 is 14.3 Å². The van der Waals surface area contributed by atoms with Gasteiger partial charge in [0.1, 0.15) is 11.5 Å². The first-order chi connectivity index (χ1) is 9.10. The van der Waals surface area contributed by atoms with Gasteiger partial charge in [0, 0.05) is 30.3 Å². The Morgan fingerprint density at radius 3 is 2.26 bits per heavy atom. The summed E-state index contributed by atoms with van der Waals surface area (Å²) in [5.74, 6) is 2.10. The van der Waals surface area contributed by atoms with Crippen molar-refractivity contribution in [1.29, 1.82) is 0 Å². The number of ether oxygens (including phenoxy) is 2. The number of nitrogens with one attached hydrogen (secondary N) is 1. The zero-order chi connectivity index (χ0) is 13.9. The third-order valence-corrected chi connectivity index (χ3v) is 4.13. The van der Waals surface area contributed by atoms with E-state index in [0.29, 0.717) is 23.6 Å². The Morgan fingerprint density at radius 2 is 1.84 bits per heavy atom. The molecule has 1 aliphatic carbocycles. The molecule has 0 atom stereocenters. The van der Waals surface area contributed by atoms with E-state index in [1.165, 1.54) is 0 Å². The van der Waals surface area contributed by atoms with Gasteiger partial charge < -0.3 is 14.8 Å². The molecule has 5 heteroatoms. The van der Waals surface area contributed by atoms with Crippen molar-refractivity contribution in [2.75, 3.05) is 25.3 Å². The van der Waals surface area contributed by atoms with Crippen molar-refractivity contribution in [1.82, 2.24) is 0 Å². The van der Waals surface area contributed by atoms with Gasteiger partial charge in [0.05, 0.1) is 14.2 Å². The third-order valence-electron chi connectivity index (χ3n) is 3.46. The number of benzene rings is 1. The van der Waals surface area contributed by atoms with E-state index in [0.717, 1.165) is 18.6 Å². The molecule has 1 aliphatic rings. The topological polar surface area (TPSA) is 47.6 Å². The number of rotatable bonds is 6. The van der Waals surface area contributed by atoms with Crippen molar-refractivity contribution in [3.63, 3.8) is 0 Å². The molecule has 1 fully saturated rings. The summed E-state index contributed by atoms with van der Waals surface area (Å²) in [7, 11) is 3.17. The number of hydrogen-bond acceptors (Lipinski definition) is 4. The minimum atomic E-state index is 0.0156. The number of carbonyl (C=O) groups excluding carboxylic acids is 1. The normalized spacial score (nSPS) is 15.7. The van der Waals surface area contributed by atoms with Crippen LogP contribution in [0.1, 0.15) is 19.3 Å². The molecular weight excluding hydrogens is 262 g/mol. The van der Waals surface area contributed by atoms with E-state index in [-0.39, 0.29) is 11.3 Å². The number of hydrogen-bond donors (Lipinski definition) is 2. The maximum Gasteiger partial charge on any atom is 0.224 e. The van der Waals surface area contributed by atoms with Crippen molar-refractivity contribution in [3.05, 3.63) is 18.2 Å². The zero-order valence-corrected chi connectivity index (χ0v) is 12.1. The predicted octanol–water partition coefficient (Wildman–Crippen LogP) is 2.74. The summed E-state index contributed by atoms with van der Waals surface area (Å²) < 4.78 is 10.3. The van der Waals surface area contributed by atoms with E-state index in [9.17, 15) is 4.79 Å². The largest absolute Gasteiger partial charge is 0.497 e. The minimum absolute atomic E-state index is 0.0156. The third kappa shape index (κ3) is 3.56. The van der Waals surface area contributed by atoms with Crippen molar-refractivity contribution in [3.8, 4) is 11.5 Å². The molecule has 19 heavy (non-hydrogen) atoms. The maximum atomic E-state index is 12.0. The highest BCUT2D eigenvalue weighted by Crippen LogP contribution is 2.49. The first-order valence-electron chi connectivity index (χ1n) is 6.24. The smallest absolute Gasteiger partial charge is 0.224 e. The first-order valence-corrected chi connectivity index (χ1v) is 6.88. The lowest BCUT2D eigenvalue weighted by molar-refractivity contribution is -0.117. The molecule has 1 aromatic carbocycles. The summed E-state index contributed by atoms with van der Waals surface area (Å²) in [5.41, 5.74) is 0.812. The Bertz CT molecular complexity index is 450. The molecule has 1 saturated carbocycles. The van der Waals surface area contributed by atoms with Crippen LogP contribution in [0.2, 0.25) is 0 Å². The molecule has 1 aromatic rings.